The molecule has 0 bridgehead atoms. The molecule has 0 saturated carbocycles. The van der Waals surface area contributed by atoms with Gasteiger partial charge < -0.3 is 24.3 Å². The molecule has 0 saturated heterocycles. The molecule has 36 heavy (non-hydrogen) atoms. The Morgan fingerprint density at radius 3 is 2.58 bits per heavy atom. The number of nitrogens with one attached hydrogen (secondary N) is 1. The van der Waals surface area contributed by atoms with Crippen molar-refractivity contribution >= 4 is 28.5 Å². The van der Waals surface area contributed by atoms with Crippen LogP contribution in [0, 0.1) is 5.82 Å². The number of carbonyl (C=O) groups excluding carboxylic acids is 1. The van der Waals surface area contributed by atoms with Crippen LogP contribution in [-0.2, 0) is 22.6 Å². The number of para-hydroxylation sites is 2. The van der Waals surface area contributed by atoms with E-state index in [-0.39, 0.29) is 42.1 Å². The molecule has 1 aliphatic heterocycles. The molecular formula is C27H20FNO7. The minimum atomic E-state index is -1.45. The van der Waals surface area contributed by atoms with Crippen molar-refractivity contribution < 1.29 is 33.0 Å². The number of carbonyl (C=O) groups is 2. The molecule has 1 amide bonds. The maximum atomic E-state index is 13.6. The van der Waals surface area contributed by atoms with Crippen LogP contribution >= 0.6 is 0 Å². The van der Waals surface area contributed by atoms with Crippen LogP contribution in [0.5, 0.6) is 5.75 Å². The Hall–Kier alpha value is -4.50. The smallest absolute Gasteiger partial charge is 0.371 e. The number of aromatic carboxylic acids is 1. The molecule has 1 atom stereocenters. The summed E-state index contributed by atoms with van der Waals surface area (Å²) >= 11 is 0. The Kier molecular flexibility index (Phi) is 5.99. The Balaban J connectivity index is 1.45. The number of anilines is 1. The van der Waals surface area contributed by atoms with Gasteiger partial charge in [-0.15, -0.1) is 0 Å². The fourth-order valence-corrected chi connectivity index (χ4v) is 4.11. The SMILES string of the molecule is O=C(O)c1cc(=O)c2cccc(NC(=O)C3(COCc4ccc(F)cc4)Cc4ccccc4O3)c2o1. The molecule has 5 rings (SSSR count). The number of carboxylic acids is 1. The highest BCUT2D eigenvalue weighted by Gasteiger charge is 2.47. The molecule has 8 nitrogen and oxygen atoms in total. The first-order chi connectivity index (χ1) is 17.3. The summed E-state index contributed by atoms with van der Waals surface area (Å²) in [7, 11) is 0. The van der Waals surface area contributed by atoms with Crippen molar-refractivity contribution in [3.8, 4) is 5.75 Å². The number of rotatable bonds is 7. The zero-order chi connectivity index (χ0) is 25.3. The lowest BCUT2D eigenvalue weighted by Crippen LogP contribution is -2.51. The van der Waals surface area contributed by atoms with Crippen molar-refractivity contribution in [3.63, 3.8) is 0 Å². The van der Waals surface area contributed by atoms with E-state index in [2.05, 4.69) is 5.32 Å². The van der Waals surface area contributed by atoms with Crippen LogP contribution in [0.1, 0.15) is 21.7 Å². The quantitative estimate of drug-likeness (QED) is 0.401. The number of benzene rings is 3. The molecule has 4 aromatic rings. The van der Waals surface area contributed by atoms with E-state index < -0.39 is 28.7 Å². The lowest BCUT2D eigenvalue weighted by atomic mass is 9.96. The zero-order valence-corrected chi connectivity index (χ0v) is 18.8. The zero-order valence-electron chi connectivity index (χ0n) is 18.8. The first kappa shape index (κ1) is 23.3. The van der Waals surface area contributed by atoms with Crippen LogP contribution in [-0.4, -0.2) is 29.2 Å². The van der Waals surface area contributed by atoms with Gasteiger partial charge in [-0.3, -0.25) is 9.59 Å². The fourth-order valence-electron chi connectivity index (χ4n) is 4.11. The second-order valence-electron chi connectivity index (χ2n) is 8.42. The van der Waals surface area contributed by atoms with Crippen molar-refractivity contribution in [3.05, 3.63) is 106 Å². The minimum absolute atomic E-state index is 0.0614. The molecule has 1 unspecified atom stereocenters. The van der Waals surface area contributed by atoms with Gasteiger partial charge in [-0.2, -0.15) is 0 Å². The van der Waals surface area contributed by atoms with Gasteiger partial charge in [-0.1, -0.05) is 36.4 Å². The molecule has 0 radical (unpaired) electrons. The van der Waals surface area contributed by atoms with Crippen LogP contribution in [0.15, 0.2) is 82.0 Å². The minimum Gasteiger partial charge on any atom is -0.475 e. The van der Waals surface area contributed by atoms with Gasteiger partial charge in [0.05, 0.1) is 24.3 Å². The monoisotopic (exact) mass is 489 g/mol. The molecule has 0 fully saturated rings. The highest BCUT2D eigenvalue weighted by Crippen LogP contribution is 2.37. The van der Waals surface area contributed by atoms with Crippen LogP contribution < -0.4 is 15.5 Å². The largest absolute Gasteiger partial charge is 0.475 e. The summed E-state index contributed by atoms with van der Waals surface area (Å²) in [4.78, 5) is 37.4. The normalized spacial score (nSPS) is 16.4. The lowest BCUT2D eigenvalue weighted by molar-refractivity contribution is -0.135. The van der Waals surface area contributed by atoms with Crippen molar-refractivity contribution in [2.45, 2.75) is 18.6 Å². The van der Waals surface area contributed by atoms with Gasteiger partial charge >= 0.3 is 5.97 Å². The number of hydrogen-bond donors (Lipinski definition) is 2. The van der Waals surface area contributed by atoms with Gasteiger partial charge in [0, 0.05) is 12.5 Å². The summed E-state index contributed by atoms with van der Waals surface area (Å²) in [5.41, 5.74) is -0.401. The van der Waals surface area contributed by atoms with Gasteiger partial charge in [-0.05, 0) is 41.5 Å². The second-order valence-corrected chi connectivity index (χ2v) is 8.42. The van der Waals surface area contributed by atoms with Gasteiger partial charge in [0.15, 0.2) is 11.0 Å². The van der Waals surface area contributed by atoms with Crippen molar-refractivity contribution in [1.82, 2.24) is 0 Å². The van der Waals surface area contributed by atoms with Crippen molar-refractivity contribution in [2.24, 2.45) is 0 Å². The predicted octanol–water partition coefficient (Wildman–Crippen LogP) is 4.16. The van der Waals surface area contributed by atoms with E-state index in [1.807, 2.05) is 12.1 Å². The standard InChI is InChI=1S/C27H20FNO7/c28-18-10-8-16(9-11-18)14-34-15-27(13-17-4-1-2-7-22(17)36-27)26(33)29-20-6-3-5-19-21(30)12-23(25(31)32)35-24(19)20/h1-12H,13-15H2,(H,29,33)(H,31,32). The predicted molar refractivity (Wildman–Crippen MR) is 128 cm³/mol. The number of ether oxygens (including phenoxy) is 2. The van der Waals surface area contributed by atoms with Crippen LogP contribution in [0.3, 0.4) is 0 Å². The number of fused-ring (bicyclic) bond motifs is 2. The third-order valence-electron chi connectivity index (χ3n) is 5.90. The molecule has 1 aromatic heterocycles. The van der Waals surface area contributed by atoms with Gasteiger partial charge in [-0.25, -0.2) is 9.18 Å². The van der Waals surface area contributed by atoms with Gasteiger partial charge in [0.1, 0.15) is 11.6 Å². The fraction of sp³-hybridized carbons (Fsp3) is 0.148. The van der Waals surface area contributed by atoms with E-state index in [1.165, 1.54) is 24.3 Å². The van der Waals surface area contributed by atoms with Crippen LogP contribution in [0.25, 0.3) is 11.0 Å². The van der Waals surface area contributed by atoms with Crippen molar-refractivity contribution in [1.29, 1.82) is 0 Å². The molecule has 0 aliphatic carbocycles. The maximum Gasteiger partial charge on any atom is 0.371 e. The number of amides is 1. The Morgan fingerprint density at radius 2 is 1.83 bits per heavy atom. The van der Waals surface area contributed by atoms with E-state index in [0.29, 0.717) is 5.75 Å². The van der Waals surface area contributed by atoms with E-state index in [0.717, 1.165) is 17.2 Å². The van der Waals surface area contributed by atoms with E-state index in [9.17, 15) is 23.9 Å². The molecule has 2 N–H and O–H groups in total. The summed E-state index contributed by atoms with van der Waals surface area (Å²) in [5, 5.41) is 12.1. The third-order valence-corrected chi connectivity index (χ3v) is 5.90. The van der Waals surface area contributed by atoms with Crippen LogP contribution in [0.4, 0.5) is 10.1 Å². The second kappa shape index (κ2) is 9.27. The third kappa shape index (κ3) is 4.44. The van der Waals surface area contributed by atoms with Crippen molar-refractivity contribution in [2.75, 3.05) is 11.9 Å². The average molecular weight is 489 g/mol. The Labute approximate surface area is 203 Å². The maximum absolute atomic E-state index is 13.6. The molecule has 182 valence electrons. The van der Waals surface area contributed by atoms with Crippen LogP contribution in [0.2, 0.25) is 0 Å². The molecular weight excluding hydrogens is 469 g/mol. The molecule has 3 aromatic carbocycles. The lowest BCUT2D eigenvalue weighted by Gasteiger charge is -2.27. The summed E-state index contributed by atoms with van der Waals surface area (Å²) in [6.07, 6.45) is 0.216. The average Bonchev–Trinajstić information content (AvgIpc) is 3.25. The molecule has 1 aliphatic rings. The summed E-state index contributed by atoms with van der Waals surface area (Å²) < 4.78 is 30.6. The van der Waals surface area contributed by atoms with Gasteiger partial charge in [0.2, 0.25) is 11.4 Å². The number of carboxylic acid groups (broad SMARTS) is 1. The van der Waals surface area contributed by atoms with Gasteiger partial charge in [0.25, 0.3) is 5.91 Å². The Morgan fingerprint density at radius 1 is 1.06 bits per heavy atom. The number of halogens is 1. The topological polar surface area (TPSA) is 115 Å². The molecule has 0 spiro atoms. The van der Waals surface area contributed by atoms with E-state index in [4.69, 9.17) is 13.9 Å². The highest BCUT2D eigenvalue weighted by atomic mass is 19.1. The van der Waals surface area contributed by atoms with E-state index in [1.54, 1.807) is 30.3 Å². The van der Waals surface area contributed by atoms with E-state index >= 15 is 0 Å². The number of hydrogen-bond acceptors (Lipinski definition) is 6. The first-order valence-corrected chi connectivity index (χ1v) is 11.1. The molecule has 9 heteroatoms. The first-order valence-electron chi connectivity index (χ1n) is 11.1. The molecule has 2 heterocycles. The summed E-state index contributed by atoms with van der Waals surface area (Å²) in [6.45, 7) is 0.000109. The summed E-state index contributed by atoms with van der Waals surface area (Å²) in [6, 6.07) is 18.5. The Bertz CT molecular complexity index is 1500. The highest BCUT2D eigenvalue weighted by molar-refractivity contribution is 6.04. The summed E-state index contributed by atoms with van der Waals surface area (Å²) in [5.74, 6) is -2.34.